The average Bonchev–Trinajstić information content (AvgIpc) is 2.84. The van der Waals surface area contributed by atoms with Crippen molar-refractivity contribution in [3.8, 4) is 0 Å². The van der Waals surface area contributed by atoms with Crippen molar-refractivity contribution in [1.82, 2.24) is 0 Å². The molecule has 0 aromatic heterocycles. The van der Waals surface area contributed by atoms with Crippen LogP contribution < -0.4 is 10.6 Å². The maximum atomic E-state index is 12.6. The highest BCUT2D eigenvalue weighted by molar-refractivity contribution is 6.09. The van der Waals surface area contributed by atoms with Crippen molar-refractivity contribution in [2.75, 3.05) is 10.6 Å². The van der Waals surface area contributed by atoms with Crippen LogP contribution in [0.5, 0.6) is 0 Å². The Balaban J connectivity index is 1.47. The Labute approximate surface area is 192 Å². The van der Waals surface area contributed by atoms with Gasteiger partial charge in [0.25, 0.3) is 23.2 Å². The number of non-ortho nitro benzene ring substituents is 2. The van der Waals surface area contributed by atoms with Gasteiger partial charge in [0.15, 0.2) is 0 Å². The first-order chi connectivity index (χ1) is 16.3. The maximum absolute atomic E-state index is 12.6. The summed E-state index contributed by atoms with van der Waals surface area (Å²) in [5.74, 6) is -0.758. The molecule has 2 N–H and O–H groups in total. The van der Waals surface area contributed by atoms with Crippen molar-refractivity contribution in [2.24, 2.45) is 0 Å². The van der Waals surface area contributed by atoms with Gasteiger partial charge in [-0.3, -0.25) is 29.8 Å². The number of amides is 2. The fourth-order valence-electron chi connectivity index (χ4n) is 3.27. The Morgan fingerprint density at radius 1 is 0.559 bits per heavy atom. The average molecular weight is 456 g/mol. The largest absolute Gasteiger partial charge is 0.322 e. The molecule has 0 aliphatic carbocycles. The molecule has 2 amide bonds. The molecule has 4 rings (SSSR count). The van der Waals surface area contributed by atoms with E-state index in [1.54, 1.807) is 36.4 Å². The lowest BCUT2D eigenvalue weighted by Crippen LogP contribution is -2.12. The van der Waals surface area contributed by atoms with Gasteiger partial charge in [-0.2, -0.15) is 0 Å². The van der Waals surface area contributed by atoms with Crippen LogP contribution in [-0.4, -0.2) is 21.7 Å². The molecule has 0 bridgehead atoms. The summed E-state index contributed by atoms with van der Waals surface area (Å²) < 4.78 is 0. The second-order valence-corrected chi connectivity index (χ2v) is 7.29. The van der Waals surface area contributed by atoms with E-state index in [2.05, 4.69) is 10.6 Å². The normalized spacial score (nSPS) is 10.5. The molecule has 4 aromatic rings. The summed E-state index contributed by atoms with van der Waals surface area (Å²) in [7, 11) is 0. The van der Waals surface area contributed by atoms with Gasteiger partial charge in [0, 0.05) is 46.8 Å². The number of nitro benzene ring substituents is 2. The van der Waals surface area contributed by atoms with E-state index in [0.717, 1.165) is 10.8 Å². The number of nitrogens with one attached hydrogen (secondary N) is 2. The van der Waals surface area contributed by atoms with Crippen molar-refractivity contribution < 1.29 is 19.4 Å². The molecule has 168 valence electrons. The molecular weight excluding hydrogens is 440 g/mol. The third-order valence-electron chi connectivity index (χ3n) is 5.04. The SMILES string of the molecule is O=C(Nc1ccc([N+](=O)[O-])cc1)c1ccc2cc(C(=O)Nc3ccc([N+](=O)[O-])cc3)ccc2c1. The second-order valence-electron chi connectivity index (χ2n) is 7.29. The van der Waals surface area contributed by atoms with Crippen LogP contribution >= 0.6 is 0 Å². The molecule has 34 heavy (non-hydrogen) atoms. The van der Waals surface area contributed by atoms with Crippen LogP contribution in [-0.2, 0) is 0 Å². The Morgan fingerprint density at radius 2 is 0.912 bits per heavy atom. The number of carbonyl (C=O) groups excluding carboxylic acids is 2. The van der Waals surface area contributed by atoms with Crippen molar-refractivity contribution in [3.05, 3.63) is 116 Å². The van der Waals surface area contributed by atoms with E-state index >= 15 is 0 Å². The lowest BCUT2D eigenvalue weighted by atomic mass is 10.0. The number of nitro groups is 2. The smallest absolute Gasteiger partial charge is 0.269 e. The summed E-state index contributed by atoms with van der Waals surface area (Å²) in [6.07, 6.45) is 0. The molecule has 10 heteroatoms. The zero-order chi connectivity index (χ0) is 24.2. The minimum absolute atomic E-state index is 0.0721. The number of nitrogens with zero attached hydrogens (tertiary/aromatic N) is 2. The van der Waals surface area contributed by atoms with E-state index in [4.69, 9.17) is 0 Å². The molecule has 0 radical (unpaired) electrons. The highest BCUT2D eigenvalue weighted by Crippen LogP contribution is 2.22. The van der Waals surface area contributed by atoms with Crippen molar-refractivity contribution in [2.45, 2.75) is 0 Å². The highest BCUT2D eigenvalue weighted by atomic mass is 16.6. The summed E-state index contributed by atoms with van der Waals surface area (Å²) >= 11 is 0. The van der Waals surface area contributed by atoms with Crippen LogP contribution in [0.2, 0.25) is 0 Å². The molecule has 0 fully saturated rings. The van der Waals surface area contributed by atoms with Gasteiger partial charge in [-0.25, -0.2) is 0 Å². The number of hydrogen-bond donors (Lipinski definition) is 2. The molecule has 0 spiro atoms. The second kappa shape index (κ2) is 9.17. The quantitative estimate of drug-likeness (QED) is 0.303. The lowest BCUT2D eigenvalue weighted by Gasteiger charge is -2.08. The Hall–Kier alpha value is -5.12. The number of anilines is 2. The topological polar surface area (TPSA) is 144 Å². The Kier molecular flexibility index (Phi) is 5.95. The van der Waals surface area contributed by atoms with Gasteiger partial charge >= 0.3 is 0 Å². The van der Waals surface area contributed by atoms with E-state index in [1.165, 1.54) is 48.5 Å². The van der Waals surface area contributed by atoms with Crippen LogP contribution in [0.25, 0.3) is 10.8 Å². The van der Waals surface area contributed by atoms with Crippen LogP contribution in [0.4, 0.5) is 22.7 Å². The number of fused-ring (bicyclic) bond motifs is 1. The van der Waals surface area contributed by atoms with Gasteiger partial charge in [0.1, 0.15) is 0 Å². The van der Waals surface area contributed by atoms with Crippen LogP contribution in [0.3, 0.4) is 0 Å². The number of hydrogen-bond acceptors (Lipinski definition) is 6. The number of benzene rings is 4. The molecule has 0 aliphatic rings. The van der Waals surface area contributed by atoms with E-state index in [0.29, 0.717) is 22.5 Å². The molecule has 10 nitrogen and oxygen atoms in total. The molecule has 0 atom stereocenters. The van der Waals surface area contributed by atoms with Gasteiger partial charge in [-0.15, -0.1) is 0 Å². The fraction of sp³-hybridized carbons (Fsp3) is 0. The number of rotatable bonds is 6. The maximum Gasteiger partial charge on any atom is 0.269 e. The Bertz CT molecular complexity index is 1320. The van der Waals surface area contributed by atoms with E-state index in [-0.39, 0.29) is 23.2 Å². The van der Waals surface area contributed by atoms with Crippen molar-refractivity contribution in [3.63, 3.8) is 0 Å². The minimum atomic E-state index is -0.518. The standard InChI is InChI=1S/C24H16N4O6/c29-23(25-19-5-9-21(10-6-19)27(31)32)17-3-1-15-13-18(4-2-16(15)14-17)24(30)26-20-7-11-22(12-8-20)28(33)34/h1-14H,(H,25,29)(H,26,30). The van der Waals surface area contributed by atoms with E-state index in [9.17, 15) is 29.8 Å². The summed E-state index contributed by atoms with van der Waals surface area (Å²) in [6, 6.07) is 21.0. The molecule has 0 saturated heterocycles. The zero-order valence-corrected chi connectivity index (χ0v) is 17.4. The first-order valence-corrected chi connectivity index (χ1v) is 9.95. The summed E-state index contributed by atoms with van der Waals surface area (Å²) in [5.41, 5.74) is 1.47. The monoisotopic (exact) mass is 456 g/mol. The van der Waals surface area contributed by atoms with E-state index < -0.39 is 9.85 Å². The fourth-order valence-corrected chi connectivity index (χ4v) is 3.27. The molecule has 0 saturated carbocycles. The van der Waals surface area contributed by atoms with Gasteiger partial charge < -0.3 is 10.6 Å². The van der Waals surface area contributed by atoms with Gasteiger partial charge in [-0.1, -0.05) is 12.1 Å². The number of carbonyl (C=O) groups is 2. The van der Waals surface area contributed by atoms with Crippen LogP contribution in [0.15, 0.2) is 84.9 Å². The molecule has 0 heterocycles. The molecule has 0 unspecified atom stereocenters. The first kappa shape index (κ1) is 22.1. The third kappa shape index (κ3) is 4.86. The molecular formula is C24H16N4O6. The third-order valence-corrected chi connectivity index (χ3v) is 5.04. The summed E-state index contributed by atoms with van der Waals surface area (Å²) in [5, 5.41) is 28.3. The highest BCUT2D eigenvalue weighted by Gasteiger charge is 2.12. The molecule has 0 aliphatic heterocycles. The predicted octanol–water partition coefficient (Wildman–Crippen LogP) is 5.16. The van der Waals surface area contributed by atoms with Crippen LogP contribution in [0, 0.1) is 20.2 Å². The minimum Gasteiger partial charge on any atom is -0.322 e. The van der Waals surface area contributed by atoms with Crippen molar-refractivity contribution >= 4 is 45.3 Å². The zero-order valence-electron chi connectivity index (χ0n) is 17.4. The molecule has 4 aromatic carbocycles. The van der Waals surface area contributed by atoms with Gasteiger partial charge in [-0.05, 0) is 59.3 Å². The lowest BCUT2D eigenvalue weighted by molar-refractivity contribution is -0.385. The summed E-state index contributed by atoms with van der Waals surface area (Å²) in [6.45, 7) is 0. The van der Waals surface area contributed by atoms with Gasteiger partial charge in [0.05, 0.1) is 9.85 Å². The summed E-state index contributed by atoms with van der Waals surface area (Å²) in [4.78, 5) is 45.6. The van der Waals surface area contributed by atoms with Crippen LogP contribution in [0.1, 0.15) is 20.7 Å². The predicted molar refractivity (Wildman–Crippen MR) is 126 cm³/mol. The van der Waals surface area contributed by atoms with Gasteiger partial charge in [0.2, 0.25) is 0 Å². The first-order valence-electron chi connectivity index (χ1n) is 9.95. The Morgan fingerprint density at radius 3 is 1.24 bits per heavy atom. The van der Waals surface area contributed by atoms with Crippen molar-refractivity contribution in [1.29, 1.82) is 0 Å². The van der Waals surface area contributed by atoms with E-state index in [1.807, 2.05) is 0 Å².